The van der Waals surface area contributed by atoms with E-state index >= 15 is 0 Å². The Hall–Kier alpha value is -3.01. The van der Waals surface area contributed by atoms with Gasteiger partial charge >= 0.3 is 12.2 Å². The van der Waals surface area contributed by atoms with Gasteiger partial charge in [-0.15, -0.1) is 0 Å². The highest BCUT2D eigenvalue weighted by Crippen LogP contribution is 2.39. The first-order valence-electron chi connectivity index (χ1n) is 7.22. The third-order valence-corrected chi connectivity index (χ3v) is 3.87. The minimum Gasteiger partial charge on any atom is -0.454 e. The fraction of sp³-hybridized carbons (Fsp3) is 0.125. The summed E-state index contributed by atoms with van der Waals surface area (Å²) in [4.78, 5) is 23.9. The number of urea groups is 1. The average Bonchev–Trinajstić information content (AvgIpc) is 3.03. The fourth-order valence-corrected chi connectivity index (χ4v) is 2.50. The van der Waals surface area contributed by atoms with Crippen LogP contribution in [0.1, 0.15) is 5.56 Å². The number of halogens is 5. The Balaban J connectivity index is 1.88. The molecular formula is C16H9ClF4N2O4. The first-order valence-corrected chi connectivity index (χ1v) is 7.60. The van der Waals surface area contributed by atoms with E-state index in [1.54, 1.807) is 0 Å². The van der Waals surface area contributed by atoms with Crippen molar-refractivity contribution < 1.29 is 36.6 Å². The number of amides is 3. The quantitative estimate of drug-likeness (QED) is 0.607. The number of imide groups is 1. The summed E-state index contributed by atoms with van der Waals surface area (Å²) in [7, 11) is 0. The molecule has 1 heterocycles. The van der Waals surface area contributed by atoms with Gasteiger partial charge in [-0.2, -0.15) is 13.2 Å². The maximum Gasteiger partial charge on any atom is 0.419 e. The number of hydrogen-bond donors (Lipinski definition) is 1. The molecule has 3 amide bonds. The average molecular weight is 405 g/mol. The molecule has 0 saturated heterocycles. The number of carbonyl (C=O) groups is 2. The molecule has 0 bridgehead atoms. The zero-order valence-electron chi connectivity index (χ0n) is 13.1. The summed E-state index contributed by atoms with van der Waals surface area (Å²) in [5.74, 6) is -0.900. The Morgan fingerprint density at radius 3 is 2.48 bits per heavy atom. The molecule has 0 aliphatic carbocycles. The lowest BCUT2D eigenvalue weighted by Gasteiger charge is -2.19. The number of rotatable bonds is 3. The lowest BCUT2D eigenvalue weighted by Crippen LogP contribution is -2.34. The number of benzene rings is 2. The first-order chi connectivity index (χ1) is 12.7. The number of alkyl halides is 3. The van der Waals surface area contributed by atoms with Crippen LogP contribution in [0.2, 0.25) is 5.02 Å². The van der Waals surface area contributed by atoms with Crippen LogP contribution >= 0.6 is 11.6 Å². The molecule has 1 aliphatic rings. The molecule has 0 aromatic heterocycles. The molecule has 2 aromatic rings. The van der Waals surface area contributed by atoms with Gasteiger partial charge in [0.15, 0.2) is 11.5 Å². The minimum absolute atomic E-state index is 0.0103. The van der Waals surface area contributed by atoms with Gasteiger partial charge in [0.1, 0.15) is 5.82 Å². The molecule has 142 valence electrons. The van der Waals surface area contributed by atoms with Crippen LogP contribution < -0.4 is 19.7 Å². The lowest BCUT2D eigenvalue weighted by molar-refractivity contribution is -0.140. The Morgan fingerprint density at radius 1 is 1.19 bits per heavy atom. The van der Waals surface area contributed by atoms with E-state index in [1.165, 1.54) is 12.1 Å². The number of anilines is 2. The summed E-state index contributed by atoms with van der Waals surface area (Å²) in [5, 5.41) is 2.33. The van der Waals surface area contributed by atoms with Crippen molar-refractivity contribution in [3.63, 3.8) is 0 Å². The van der Waals surface area contributed by atoms with Crippen LogP contribution in [0.5, 0.6) is 11.5 Å². The van der Waals surface area contributed by atoms with E-state index in [-0.39, 0.29) is 29.7 Å². The van der Waals surface area contributed by atoms with E-state index in [1.807, 2.05) is 0 Å². The van der Waals surface area contributed by atoms with Gasteiger partial charge in [0.25, 0.3) is 0 Å². The van der Waals surface area contributed by atoms with Crippen molar-refractivity contribution in [2.75, 3.05) is 17.0 Å². The van der Waals surface area contributed by atoms with Gasteiger partial charge in [-0.1, -0.05) is 11.6 Å². The predicted octanol–water partition coefficient (Wildman–Crippen LogP) is 4.42. The predicted molar refractivity (Wildman–Crippen MR) is 86.5 cm³/mol. The van der Waals surface area contributed by atoms with Crippen molar-refractivity contribution in [3.05, 3.63) is 46.7 Å². The summed E-state index contributed by atoms with van der Waals surface area (Å²) >= 11 is 6.00. The summed E-state index contributed by atoms with van der Waals surface area (Å²) in [6.07, 6.45) is -5.00. The zero-order valence-corrected chi connectivity index (χ0v) is 13.9. The van der Waals surface area contributed by atoms with Crippen LogP contribution in [0.25, 0.3) is 0 Å². The van der Waals surface area contributed by atoms with Crippen molar-refractivity contribution >= 4 is 35.4 Å². The molecule has 1 aliphatic heterocycles. The summed E-state index contributed by atoms with van der Waals surface area (Å²) in [5.41, 5.74) is -2.05. The maximum absolute atomic E-state index is 13.4. The van der Waals surface area contributed by atoms with E-state index < -0.39 is 29.3 Å². The number of fused-ring (bicyclic) bond motifs is 1. The molecule has 1 N–H and O–H groups in total. The molecule has 3 rings (SSSR count). The standard InChI is InChI=1S/C16H9ClF4N2O4/c17-10-4-13-14(27-7-26-13)5-12(10)22-15(25)23(6-24)8-1-2-11(18)9(3-8)16(19,20)21/h1-6H,7H2,(H,22,25). The largest absolute Gasteiger partial charge is 0.454 e. The molecular weight excluding hydrogens is 396 g/mol. The van der Waals surface area contributed by atoms with E-state index in [0.29, 0.717) is 22.8 Å². The van der Waals surface area contributed by atoms with Gasteiger partial charge < -0.3 is 14.8 Å². The van der Waals surface area contributed by atoms with Gasteiger partial charge in [0, 0.05) is 12.1 Å². The van der Waals surface area contributed by atoms with Gasteiger partial charge in [-0.05, 0) is 18.2 Å². The van der Waals surface area contributed by atoms with Crippen molar-refractivity contribution in [2.24, 2.45) is 0 Å². The number of nitrogens with one attached hydrogen (secondary N) is 1. The monoisotopic (exact) mass is 404 g/mol. The lowest BCUT2D eigenvalue weighted by atomic mass is 10.1. The van der Waals surface area contributed by atoms with Crippen LogP contribution in [0.3, 0.4) is 0 Å². The highest BCUT2D eigenvalue weighted by atomic mass is 35.5. The number of carbonyl (C=O) groups excluding carboxylic acids is 2. The maximum atomic E-state index is 13.4. The van der Waals surface area contributed by atoms with Crippen LogP contribution in [0.15, 0.2) is 30.3 Å². The second kappa shape index (κ2) is 6.95. The molecule has 0 atom stereocenters. The fourth-order valence-electron chi connectivity index (χ4n) is 2.29. The van der Waals surface area contributed by atoms with Crippen LogP contribution in [-0.4, -0.2) is 19.2 Å². The summed E-state index contributed by atoms with van der Waals surface area (Å²) < 4.78 is 62.1. The third kappa shape index (κ3) is 3.75. The Labute approximate surface area is 154 Å². The number of hydrogen-bond acceptors (Lipinski definition) is 4. The van der Waals surface area contributed by atoms with Crippen LogP contribution in [0.4, 0.5) is 33.7 Å². The number of nitrogens with zero attached hydrogens (tertiary/aromatic N) is 1. The number of ether oxygens (including phenoxy) is 2. The van der Waals surface area contributed by atoms with Gasteiger partial charge in [0.05, 0.1) is 22.0 Å². The topological polar surface area (TPSA) is 67.9 Å². The zero-order chi connectivity index (χ0) is 19.8. The van der Waals surface area contributed by atoms with E-state index in [2.05, 4.69) is 5.32 Å². The van der Waals surface area contributed by atoms with Gasteiger partial charge in [-0.3, -0.25) is 4.79 Å². The Morgan fingerprint density at radius 2 is 1.85 bits per heavy atom. The summed E-state index contributed by atoms with van der Waals surface area (Å²) in [6.45, 7) is -0.0423. The SMILES string of the molecule is O=CN(C(=O)Nc1cc2c(cc1Cl)OCO2)c1ccc(F)c(C(F)(F)F)c1. The molecule has 2 aromatic carbocycles. The normalized spacial score (nSPS) is 12.6. The van der Waals surface area contributed by atoms with Crippen molar-refractivity contribution in [3.8, 4) is 11.5 Å². The molecule has 27 heavy (non-hydrogen) atoms. The highest BCUT2D eigenvalue weighted by Gasteiger charge is 2.35. The van der Waals surface area contributed by atoms with Gasteiger partial charge in [0.2, 0.25) is 13.2 Å². The Bertz CT molecular complexity index is 920. The van der Waals surface area contributed by atoms with E-state index in [4.69, 9.17) is 21.1 Å². The second-order valence-corrected chi connectivity index (χ2v) is 5.66. The van der Waals surface area contributed by atoms with Crippen molar-refractivity contribution in [1.82, 2.24) is 0 Å². The minimum atomic E-state index is -4.99. The van der Waals surface area contributed by atoms with E-state index in [9.17, 15) is 27.2 Å². The molecule has 0 spiro atoms. The molecule has 0 fully saturated rings. The van der Waals surface area contributed by atoms with Crippen LogP contribution in [0, 0.1) is 5.82 Å². The van der Waals surface area contributed by atoms with Crippen molar-refractivity contribution in [2.45, 2.75) is 6.18 Å². The third-order valence-electron chi connectivity index (χ3n) is 3.56. The van der Waals surface area contributed by atoms with Crippen LogP contribution in [-0.2, 0) is 11.0 Å². The molecule has 0 saturated carbocycles. The van der Waals surface area contributed by atoms with Crippen molar-refractivity contribution in [1.29, 1.82) is 0 Å². The molecule has 0 radical (unpaired) electrons. The van der Waals surface area contributed by atoms with Gasteiger partial charge in [-0.25, -0.2) is 14.1 Å². The second-order valence-electron chi connectivity index (χ2n) is 5.25. The molecule has 0 unspecified atom stereocenters. The smallest absolute Gasteiger partial charge is 0.419 e. The Kier molecular flexibility index (Phi) is 4.83. The summed E-state index contributed by atoms with van der Waals surface area (Å²) in [6, 6.07) is 3.31. The highest BCUT2D eigenvalue weighted by molar-refractivity contribution is 6.34. The molecule has 11 heteroatoms. The first kappa shape index (κ1) is 18.8. The molecule has 6 nitrogen and oxygen atoms in total. The van der Waals surface area contributed by atoms with E-state index in [0.717, 1.165) is 6.07 Å².